The van der Waals surface area contributed by atoms with Gasteiger partial charge >= 0.3 is 11.9 Å². The Hall–Kier alpha value is -1.84. The molecule has 25 heavy (non-hydrogen) atoms. The fourth-order valence-electron chi connectivity index (χ4n) is 2.56. The minimum absolute atomic E-state index is 0.220. The highest BCUT2D eigenvalue weighted by molar-refractivity contribution is 5.74. The van der Waals surface area contributed by atoms with Gasteiger partial charge in [-0.15, -0.1) is 0 Å². The van der Waals surface area contributed by atoms with Crippen LogP contribution in [0.4, 0.5) is 0 Å². The van der Waals surface area contributed by atoms with E-state index in [1.54, 1.807) is 6.07 Å². The molecule has 0 unspecified atom stereocenters. The molecule has 0 bridgehead atoms. The molecule has 0 aromatic heterocycles. The number of hydrogen-bond donors (Lipinski definition) is 0. The first kappa shape index (κ1) is 21.2. The van der Waals surface area contributed by atoms with Gasteiger partial charge < -0.3 is 9.47 Å². The average molecular weight is 348 g/mol. The third-order valence-corrected chi connectivity index (χ3v) is 4.04. The van der Waals surface area contributed by atoms with Crippen molar-refractivity contribution in [3.63, 3.8) is 0 Å². The predicted octanol–water partition coefficient (Wildman–Crippen LogP) is 5.40. The van der Waals surface area contributed by atoms with Gasteiger partial charge in [-0.25, -0.2) is 0 Å². The van der Waals surface area contributed by atoms with Crippen molar-refractivity contribution in [1.82, 2.24) is 0 Å². The van der Waals surface area contributed by atoms with E-state index in [9.17, 15) is 9.59 Å². The van der Waals surface area contributed by atoms with Crippen LogP contribution >= 0.6 is 0 Å². The maximum Gasteiger partial charge on any atom is 0.311 e. The van der Waals surface area contributed by atoms with Gasteiger partial charge in [0, 0.05) is 12.8 Å². The van der Waals surface area contributed by atoms with Gasteiger partial charge in [-0.2, -0.15) is 0 Å². The van der Waals surface area contributed by atoms with Gasteiger partial charge in [0.1, 0.15) is 5.75 Å². The Morgan fingerprint density at radius 2 is 1.60 bits per heavy atom. The number of rotatable bonds is 12. The molecule has 140 valence electrons. The first-order valence-electron chi connectivity index (χ1n) is 9.49. The highest BCUT2D eigenvalue weighted by Gasteiger charge is 2.12. The lowest BCUT2D eigenvalue weighted by Gasteiger charge is -2.12. The van der Waals surface area contributed by atoms with Crippen molar-refractivity contribution in [3.8, 4) is 5.75 Å². The molecule has 0 amide bonds. The Morgan fingerprint density at radius 3 is 2.32 bits per heavy atom. The number of hydrogen-bond acceptors (Lipinski definition) is 4. The van der Waals surface area contributed by atoms with E-state index in [1.165, 1.54) is 19.3 Å². The zero-order valence-electron chi connectivity index (χ0n) is 15.9. The molecule has 0 atom stereocenters. The lowest BCUT2D eigenvalue weighted by atomic mass is 10.0. The summed E-state index contributed by atoms with van der Waals surface area (Å²) in [5.74, 6) is 0.361. The molecule has 0 aliphatic heterocycles. The standard InChI is InChI=1S/C21H32O4/c1-4-5-6-7-10-16-24-20(22)14-11-15-21(23)25-19-13-9-8-12-18(19)17(2)3/h8-9,12-13,17H,4-7,10-11,14-16H2,1-3H3. The van der Waals surface area contributed by atoms with Gasteiger partial charge in [0.25, 0.3) is 0 Å². The Balaban J connectivity index is 2.19. The van der Waals surface area contributed by atoms with Crippen molar-refractivity contribution in [1.29, 1.82) is 0 Å². The number of esters is 2. The van der Waals surface area contributed by atoms with E-state index >= 15 is 0 Å². The number of benzene rings is 1. The van der Waals surface area contributed by atoms with Crippen LogP contribution in [-0.4, -0.2) is 18.5 Å². The van der Waals surface area contributed by atoms with Crippen molar-refractivity contribution < 1.29 is 19.1 Å². The van der Waals surface area contributed by atoms with E-state index in [-0.39, 0.29) is 30.7 Å². The zero-order chi connectivity index (χ0) is 18.5. The maximum absolute atomic E-state index is 12.0. The summed E-state index contributed by atoms with van der Waals surface area (Å²) in [4.78, 5) is 23.6. The summed E-state index contributed by atoms with van der Waals surface area (Å²) >= 11 is 0. The molecule has 1 rings (SSSR count). The quantitative estimate of drug-likeness (QED) is 0.288. The Morgan fingerprint density at radius 1 is 0.920 bits per heavy atom. The van der Waals surface area contributed by atoms with E-state index in [4.69, 9.17) is 9.47 Å². The average Bonchev–Trinajstić information content (AvgIpc) is 2.58. The SMILES string of the molecule is CCCCCCCOC(=O)CCCC(=O)Oc1ccccc1C(C)C. The van der Waals surface area contributed by atoms with Crippen molar-refractivity contribution in [2.75, 3.05) is 6.61 Å². The summed E-state index contributed by atoms with van der Waals surface area (Å²) < 4.78 is 10.6. The molecule has 4 nitrogen and oxygen atoms in total. The van der Waals surface area contributed by atoms with Crippen LogP contribution in [-0.2, 0) is 14.3 Å². The normalized spacial score (nSPS) is 10.7. The van der Waals surface area contributed by atoms with E-state index < -0.39 is 0 Å². The number of carbonyl (C=O) groups excluding carboxylic acids is 2. The fraction of sp³-hybridized carbons (Fsp3) is 0.619. The molecule has 0 saturated heterocycles. The molecule has 0 N–H and O–H groups in total. The largest absolute Gasteiger partial charge is 0.466 e. The summed E-state index contributed by atoms with van der Waals surface area (Å²) in [6, 6.07) is 7.56. The highest BCUT2D eigenvalue weighted by atomic mass is 16.5. The number of unbranched alkanes of at least 4 members (excludes halogenated alkanes) is 4. The minimum Gasteiger partial charge on any atom is -0.466 e. The predicted molar refractivity (Wildman–Crippen MR) is 99.7 cm³/mol. The third kappa shape index (κ3) is 9.28. The molecular weight excluding hydrogens is 316 g/mol. The van der Waals surface area contributed by atoms with Gasteiger partial charge in [0.2, 0.25) is 0 Å². The van der Waals surface area contributed by atoms with Crippen LogP contribution in [0.1, 0.15) is 83.6 Å². The number of para-hydroxylation sites is 1. The molecule has 0 heterocycles. The molecule has 1 aromatic rings. The molecule has 0 aliphatic carbocycles. The molecule has 0 aliphatic rings. The van der Waals surface area contributed by atoms with Gasteiger partial charge in [0.15, 0.2) is 0 Å². The molecule has 0 spiro atoms. The van der Waals surface area contributed by atoms with Crippen molar-refractivity contribution in [2.24, 2.45) is 0 Å². The molecule has 0 saturated carbocycles. The van der Waals surface area contributed by atoms with Crippen LogP contribution in [0, 0.1) is 0 Å². The topological polar surface area (TPSA) is 52.6 Å². The highest BCUT2D eigenvalue weighted by Crippen LogP contribution is 2.26. The van der Waals surface area contributed by atoms with Crippen LogP contribution < -0.4 is 4.74 Å². The lowest BCUT2D eigenvalue weighted by molar-refractivity contribution is -0.144. The molecule has 0 radical (unpaired) electrons. The molecule has 4 heteroatoms. The zero-order valence-corrected chi connectivity index (χ0v) is 15.9. The third-order valence-electron chi connectivity index (χ3n) is 4.04. The monoisotopic (exact) mass is 348 g/mol. The Labute approximate surface area is 151 Å². The van der Waals surface area contributed by atoms with Crippen molar-refractivity contribution in [2.45, 2.75) is 78.1 Å². The summed E-state index contributed by atoms with van der Waals surface area (Å²) in [6.07, 6.45) is 6.58. The maximum atomic E-state index is 12.0. The van der Waals surface area contributed by atoms with Crippen LogP contribution in [0.3, 0.4) is 0 Å². The first-order valence-corrected chi connectivity index (χ1v) is 9.49. The Bertz CT molecular complexity index is 522. The van der Waals surface area contributed by atoms with Crippen molar-refractivity contribution in [3.05, 3.63) is 29.8 Å². The molecule has 0 fully saturated rings. The summed E-state index contributed by atoms with van der Waals surface area (Å²) in [6.45, 7) is 6.77. The second-order valence-electron chi connectivity index (χ2n) is 6.65. The summed E-state index contributed by atoms with van der Waals surface area (Å²) in [7, 11) is 0. The lowest BCUT2D eigenvalue weighted by Crippen LogP contribution is -2.11. The van der Waals surface area contributed by atoms with E-state index in [1.807, 2.05) is 18.2 Å². The van der Waals surface area contributed by atoms with E-state index in [0.29, 0.717) is 18.8 Å². The summed E-state index contributed by atoms with van der Waals surface area (Å²) in [5, 5.41) is 0. The summed E-state index contributed by atoms with van der Waals surface area (Å²) in [5.41, 5.74) is 1.01. The Kier molecular flexibility index (Phi) is 10.6. The number of carbonyl (C=O) groups is 2. The molecule has 1 aromatic carbocycles. The van der Waals surface area contributed by atoms with Crippen molar-refractivity contribution >= 4 is 11.9 Å². The second kappa shape index (κ2) is 12.5. The van der Waals surface area contributed by atoms with E-state index in [2.05, 4.69) is 20.8 Å². The first-order chi connectivity index (χ1) is 12.0. The van der Waals surface area contributed by atoms with Crippen LogP contribution in [0.15, 0.2) is 24.3 Å². The minimum atomic E-state index is -0.305. The smallest absolute Gasteiger partial charge is 0.311 e. The fourth-order valence-corrected chi connectivity index (χ4v) is 2.56. The second-order valence-corrected chi connectivity index (χ2v) is 6.65. The van der Waals surface area contributed by atoms with Crippen LogP contribution in [0.5, 0.6) is 5.75 Å². The van der Waals surface area contributed by atoms with Gasteiger partial charge in [-0.1, -0.05) is 64.7 Å². The number of ether oxygens (including phenoxy) is 2. The van der Waals surface area contributed by atoms with Crippen LogP contribution in [0.2, 0.25) is 0 Å². The van der Waals surface area contributed by atoms with E-state index in [0.717, 1.165) is 18.4 Å². The van der Waals surface area contributed by atoms with Gasteiger partial charge in [-0.05, 0) is 30.4 Å². The van der Waals surface area contributed by atoms with Crippen LogP contribution in [0.25, 0.3) is 0 Å². The van der Waals surface area contributed by atoms with Gasteiger partial charge in [0.05, 0.1) is 6.61 Å². The molecular formula is C21H32O4. The van der Waals surface area contributed by atoms with Gasteiger partial charge in [-0.3, -0.25) is 9.59 Å².